The molecule has 0 saturated carbocycles. The Morgan fingerprint density at radius 2 is 1.83 bits per heavy atom. The van der Waals surface area contributed by atoms with Gasteiger partial charge in [0.25, 0.3) is 5.91 Å². The number of amides is 1. The van der Waals surface area contributed by atoms with Crippen LogP contribution in [0.5, 0.6) is 11.5 Å². The number of methoxy groups -OCH3 is 1. The third-order valence-corrected chi connectivity index (χ3v) is 7.01. The average Bonchev–Trinajstić information content (AvgIpc) is 3.41. The van der Waals surface area contributed by atoms with E-state index in [0.29, 0.717) is 22.7 Å². The summed E-state index contributed by atoms with van der Waals surface area (Å²) in [5, 5.41) is 24.5. The molecular weight excluding hydrogens is 555 g/mol. The monoisotopic (exact) mass is 577 g/mol. The maximum absolute atomic E-state index is 13.5. The first-order valence-electron chi connectivity index (χ1n) is 12.2. The van der Waals surface area contributed by atoms with Crippen LogP contribution in [-0.4, -0.2) is 44.9 Å². The molecule has 0 saturated heterocycles. The van der Waals surface area contributed by atoms with Crippen LogP contribution in [0.15, 0.2) is 95.2 Å². The van der Waals surface area contributed by atoms with Crippen molar-refractivity contribution in [3.63, 3.8) is 0 Å². The summed E-state index contributed by atoms with van der Waals surface area (Å²) in [6.45, 7) is 0. The Morgan fingerprint density at radius 1 is 1.05 bits per heavy atom. The number of thioether (sulfide) groups is 1. The van der Waals surface area contributed by atoms with Gasteiger partial charge < -0.3 is 9.84 Å². The van der Waals surface area contributed by atoms with Crippen molar-refractivity contribution in [1.82, 2.24) is 20.2 Å². The molecule has 1 heterocycles. The number of halogens is 3. The number of carbonyl (C=O) groups is 1. The quantitative estimate of drug-likeness (QED) is 0.132. The molecule has 0 aliphatic heterocycles. The van der Waals surface area contributed by atoms with E-state index in [1.165, 1.54) is 30.0 Å². The van der Waals surface area contributed by atoms with Crippen molar-refractivity contribution in [3.05, 3.63) is 96.1 Å². The second-order valence-electron chi connectivity index (χ2n) is 8.72. The molecule has 41 heavy (non-hydrogen) atoms. The van der Waals surface area contributed by atoms with Crippen molar-refractivity contribution >= 4 is 34.7 Å². The SMILES string of the molecule is COc1ccc(-c2nnc(SCC(=O)N/N=C\c3c(O)ccc4ccccc34)n2-c2cccc(C(F)(F)F)c2)cc1. The van der Waals surface area contributed by atoms with Gasteiger partial charge in [0.1, 0.15) is 11.5 Å². The Balaban J connectivity index is 1.38. The van der Waals surface area contributed by atoms with Crippen molar-refractivity contribution in [3.8, 4) is 28.6 Å². The zero-order chi connectivity index (χ0) is 29.0. The molecule has 0 atom stereocenters. The van der Waals surface area contributed by atoms with Crippen LogP contribution in [-0.2, 0) is 11.0 Å². The second-order valence-corrected chi connectivity index (χ2v) is 9.66. The number of nitrogens with zero attached hydrogens (tertiary/aromatic N) is 4. The molecule has 12 heteroatoms. The molecule has 4 aromatic carbocycles. The normalized spacial score (nSPS) is 11.7. The third-order valence-electron chi connectivity index (χ3n) is 6.08. The first-order chi connectivity index (χ1) is 19.7. The number of nitrogens with one attached hydrogen (secondary N) is 1. The van der Waals surface area contributed by atoms with E-state index >= 15 is 0 Å². The van der Waals surface area contributed by atoms with Crippen LogP contribution in [0.1, 0.15) is 11.1 Å². The topological polar surface area (TPSA) is 102 Å². The highest BCUT2D eigenvalue weighted by atomic mass is 32.2. The maximum Gasteiger partial charge on any atom is 0.416 e. The third kappa shape index (κ3) is 6.17. The van der Waals surface area contributed by atoms with Gasteiger partial charge in [0.15, 0.2) is 11.0 Å². The number of alkyl halides is 3. The minimum absolute atomic E-state index is 0.0105. The molecule has 0 unspecified atom stereocenters. The standard InChI is InChI=1S/C29H22F3N5O3S/c1-40-22-12-9-19(10-13-22)27-35-36-28(37(27)21-7-4-6-20(15-21)29(30,31)32)41-17-26(39)34-33-16-24-23-8-3-2-5-18(23)11-14-25(24)38/h2-16,38H,17H2,1H3,(H,34,39)/b33-16-. The summed E-state index contributed by atoms with van der Waals surface area (Å²) in [5.41, 5.74) is 2.80. The van der Waals surface area contributed by atoms with Crippen molar-refractivity contribution in [1.29, 1.82) is 0 Å². The highest BCUT2D eigenvalue weighted by Crippen LogP contribution is 2.34. The summed E-state index contributed by atoms with van der Waals surface area (Å²) in [6, 6.07) is 22.4. The number of fused-ring (bicyclic) bond motifs is 1. The van der Waals surface area contributed by atoms with Crippen LogP contribution < -0.4 is 10.2 Å². The number of carbonyl (C=O) groups excluding carboxylic acids is 1. The van der Waals surface area contributed by atoms with Crippen molar-refractivity contribution < 1.29 is 27.8 Å². The number of aromatic hydroxyl groups is 1. The molecule has 208 valence electrons. The molecule has 5 aromatic rings. The summed E-state index contributed by atoms with van der Waals surface area (Å²) in [5.74, 6) is 0.257. The Hall–Kier alpha value is -4.84. The number of phenolic OH excluding ortho intramolecular Hbond substituents is 1. The van der Waals surface area contributed by atoms with E-state index in [-0.39, 0.29) is 22.3 Å². The Kier molecular flexibility index (Phi) is 7.92. The van der Waals surface area contributed by atoms with Gasteiger partial charge in [0.05, 0.1) is 30.3 Å². The van der Waals surface area contributed by atoms with Gasteiger partial charge in [-0.25, -0.2) is 5.43 Å². The molecule has 8 nitrogen and oxygen atoms in total. The average molecular weight is 578 g/mol. The molecule has 0 spiro atoms. The molecule has 0 aliphatic carbocycles. The fourth-order valence-corrected chi connectivity index (χ4v) is 4.84. The number of rotatable bonds is 8. The smallest absolute Gasteiger partial charge is 0.416 e. The van der Waals surface area contributed by atoms with Gasteiger partial charge in [-0.1, -0.05) is 48.2 Å². The number of ether oxygens (including phenoxy) is 1. The Labute approximate surface area is 236 Å². The second kappa shape index (κ2) is 11.7. The predicted octanol–water partition coefficient (Wildman–Crippen LogP) is 6.06. The summed E-state index contributed by atoms with van der Waals surface area (Å²) in [7, 11) is 1.52. The van der Waals surface area contributed by atoms with Crippen LogP contribution in [0.25, 0.3) is 27.8 Å². The largest absolute Gasteiger partial charge is 0.507 e. The summed E-state index contributed by atoms with van der Waals surface area (Å²) in [4.78, 5) is 12.6. The van der Waals surface area contributed by atoms with E-state index in [4.69, 9.17) is 4.74 Å². The van der Waals surface area contributed by atoms with Crippen molar-refractivity contribution in [2.45, 2.75) is 11.3 Å². The molecule has 0 fully saturated rings. The zero-order valence-electron chi connectivity index (χ0n) is 21.5. The summed E-state index contributed by atoms with van der Waals surface area (Å²) >= 11 is 0.987. The Bertz CT molecular complexity index is 1740. The lowest BCUT2D eigenvalue weighted by atomic mass is 10.0. The number of hydrogen-bond donors (Lipinski definition) is 2. The highest BCUT2D eigenvalue weighted by molar-refractivity contribution is 7.99. The van der Waals surface area contributed by atoms with E-state index in [1.807, 2.05) is 24.3 Å². The van der Waals surface area contributed by atoms with Gasteiger partial charge in [0, 0.05) is 11.1 Å². The molecular formula is C29H22F3N5O3S. The minimum Gasteiger partial charge on any atom is -0.507 e. The van der Waals surface area contributed by atoms with Crippen LogP contribution in [0.2, 0.25) is 0 Å². The maximum atomic E-state index is 13.5. The summed E-state index contributed by atoms with van der Waals surface area (Å²) < 4.78 is 47.1. The number of benzene rings is 4. The zero-order valence-corrected chi connectivity index (χ0v) is 22.3. The number of hydrazone groups is 1. The van der Waals surface area contributed by atoms with E-state index in [9.17, 15) is 23.1 Å². The van der Waals surface area contributed by atoms with E-state index in [1.54, 1.807) is 36.4 Å². The number of aromatic nitrogens is 3. The first-order valence-corrected chi connectivity index (χ1v) is 13.2. The first kappa shape index (κ1) is 27.7. The Morgan fingerprint density at radius 3 is 2.59 bits per heavy atom. The van der Waals surface area contributed by atoms with Crippen LogP contribution in [0, 0.1) is 0 Å². The molecule has 1 aromatic heterocycles. The molecule has 2 N–H and O–H groups in total. The fourth-order valence-electron chi connectivity index (χ4n) is 4.10. The van der Waals surface area contributed by atoms with Gasteiger partial charge in [-0.15, -0.1) is 10.2 Å². The lowest BCUT2D eigenvalue weighted by molar-refractivity contribution is -0.137. The van der Waals surface area contributed by atoms with E-state index in [2.05, 4.69) is 20.7 Å². The molecule has 0 radical (unpaired) electrons. The van der Waals surface area contributed by atoms with Gasteiger partial charge in [-0.3, -0.25) is 9.36 Å². The lowest BCUT2D eigenvalue weighted by Gasteiger charge is -2.13. The van der Waals surface area contributed by atoms with Crippen molar-refractivity contribution in [2.24, 2.45) is 5.10 Å². The van der Waals surface area contributed by atoms with Crippen LogP contribution in [0.4, 0.5) is 13.2 Å². The number of hydrogen-bond acceptors (Lipinski definition) is 7. The van der Waals surface area contributed by atoms with Gasteiger partial charge in [0.2, 0.25) is 0 Å². The van der Waals surface area contributed by atoms with Crippen LogP contribution in [0.3, 0.4) is 0 Å². The van der Waals surface area contributed by atoms with Gasteiger partial charge >= 0.3 is 6.18 Å². The summed E-state index contributed by atoms with van der Waals surface area (Å²) in [6.07, 6.45) is -3.19. The molecule has 5 rings (SSSR count). The molecule has 0 aliphatic rings. The van der Waals surface area contributed by atoms with Gasteiger partial charge in [-0.05, 0) is 59.3 Å². The van der Waals surface area contributed by atoms with E-state index in [0.717, 1.165) is 34.7 Å². The fraction of sp³-hybridized carbons (Fsp3) is 0.103. The molecule has 0 bridgehead atoms. The molecule has 1 amide bonds. The minimum atomic E-state index is -4.55. The van der Waals surface area contributed by atoms with Gasteiger partial charge in [-0.2, -0.15) is 18.3 Å². The van der Waals surface area contributed by atoms with E-state index < -0.39 is 17.6 Å². The van der Waals surface area contributed by atoms with Crippen LogP contribution >= 0.6 is 11.8 Å². The lowest BCUT2D eigenvalue weighted by Crippen LogP contribution is -2.20. The number of phenols is 1. The predicted molar refractivity (Wildman–Crippen MR) is 150 cm³/mol. The van der Waals surface area contributed by atoms with Crippen molar-refractivity contribution in [2.75, 3.05) is 12.9 Å². The highest BCUT2D eigenvalue weighted by Gasteiger charge is 2.31.